The maximum Gasteiger partial charge on any atom is 0.261 e. The number of likely N-dealkylation sites (N-methyl/N-ethyl adjacent to an activating group) is 1. The lowest BCUT2D eigenvalue weighted by molar-refractivity contribution is 0.112. The van der Waals surface area contributed by atoms with Gasteiger partial charge in [0.15, 0.2) is 0 Å². The Bertz CT molecular complexity index is 895. The molecule has 156 valence electrons. The summed E-state index contributed by atoms with van der Waals surface area (Å²) < 4.78 is 6.94. The average molecular weight is 418 g/mol. The fourth-order valence-electron chi connectivity index (χ4n) is 4.03. The first-order chi connectivity index (χ1) is 14.4. The molecule has 0 spiro atoms. The molecule has 3 aromatic rings. The van der Waals surface area contributed by atoms with Crippen LogP contribution in [0.2, 0.25) is 5.04 Å². The molecule has 0 saturated heterocycles. The van der Waals surface area contributed by atoms with Gasteiger partial charge in [0, 0.05) is 24.8 Å². The van der Waals surface area contributed by atoms with Gasteiger partial charge in [0.25, 0.3) is 8.32 Å². The standard InChI is InChI=1S/C26H31NO2Si/c1-26(2,3)30(24-11-7-5-8-12-24,25-13-9-6-10-14-25)29-20-19-27(4)23-17-15-22(21-28)16-18-23/h5-18,21H,19-20H2,1-4H3. The molecule has 0 fully saturated rings. The number of rotatable bonds is 8. The normalized spacial score (nSPS) is 11.9. The van der Waals surface area contributed by atoms with E-state index >= 15 is 0 Å². The lowest BCUT2D eigenvalue weighted by atomic mass is 10.2. The Balaban J connectivity index is 1.88. The van der Waals surface area contributed by atoms with Gasteiger partial charge in [-0.25, -0.2) is 0 Å². The minimum atomic E-state index is -2.50. The molecule has 0 radical (unpaired) electrons. The summed E-state index contributed by atoms with van der Waals surface area (Å²) in [5.41, 5.74) is 1.77. The molecule has 0 aromatic heterocycles. The molecule has 30 heavy (non-hydrogen) atoms. The summed E-state index contributed by atoms with van der Waals surface area (Å²) in [4.78, 5) is 13.1. The van der Waals surface area contributed by atoms with Crippen molar-refractivity contribution in [2.75, 3.05) is 25.1 Å². The third-order valence-corrected chi connectivity index (χ3v) is 10.7. The first-order valence-electron chi connectivity index (χ1n) is 10.4. The van der Waals surface area contributed by atoms with E-state index < -0.39 is 8.32 Å². The molecular formula is C26H31NO2Si. The number of carbonyl (C=O) groups excluding carboxylic acids is 1. The molecule has 0 N–H and O–H groups in total. The number of aldehydes is 1. The Morgan fingerprint density at radius 2 is 1.33 bits per heavy atom. The van der Waals surface area contributed by atoms with Crippen LogP contribution in [0.25, 0.3) is 0 Å². The molecule has 0 aliphatic rings. The number of nitrogens with zero attached hydrogens (tertiary/aromatic N) is 1. The SMILES string of the molecule is CN(CCO[Si](c1ccccc1)(c1ccccc1)C(C)(C)C)c1ccc(C=O)cc1. The van der Waals surface area contributed by atoms with Crippen LogP contribution < -0.4 is 15.3 Å². The van der Waals surface area contributed by atoms with E-state index in [0.717, 1.165) is 18.5 Å². The van der Waals surface area contributed by atoms with Crippen LogP contribution in [0, 0.1) is 0 Å². The number of carbonyl (C=O) groups is 1. The average Bonchev–Trinajstić information content (AvgIpc) is 2.77. The highest BCUT2D eigenvalue weighted by atomic mass is 28.4. The van der Waals surface area contributed by atoms with Gasteiger partial charge in [-0.1, -0.05) is 81.4 Å². The highest BCUT2D eigenvalue weighted by molar-refractivity contribution is 6.99. The van der Waals surface area contributed by atoms with Crippen LogP contribution in [0.15, 0.2) is 84.9 Å². The quantitative estimate of drug-likeness (QED) is 0.399. The van der Waals surface area contributed by atoms with E-state index in [1.165, 1.54) is 10.4 Å². The van der Waals surface area contributed by atoms with Crippen molar-refractivity contribution in [3.63, 3.8) is 0 Å². The third-order valence-electron chi connectivity index (χ3n) is 5.63. The Morgan fingerprint density at radius 3 is 1.77 bits per heavy atom. The summed E-state index contributed by atoms with van der Waals surface area (Å²) in [6.45, 7) is 8.27. The molecule has 0 bridgehead atoms. The zero-order valence-electron chi connectivity index (χ0n) is 18.3. The molecule has 0 saturated carbocycles. The van der Waals surface area contributed by atoms with E-state index in [0.29, 0.717) is 12.2 Å². The summed E-state index contributed by atoms with van der Waals surface area (Å²) >= 11 is 0. The molecule has 0 aliphatic carbocycles. The number of hydrogen-bond donors (Lipinski definition) is 0. The first-order valence-corrected chi connectivity index (χ1v) is 12.3. The van der Waals surface area contributed by atoms with Crippen LogP contribution in [0.4, 0.5) is 5.69 Å². The predicted molar refractivity (Wildman–Crippen MR) is 129 cm³/mol. The van der Waals surface area contributed by atoms with Gasteiger partial charge in [-0.15, -0.1) is 0 Å². The Morgan fingerprint density at radius 1 is 0.833 bits per heavy atom. The second-order valence-electron chi connectivity index (χ2n) is 8.64. The summed E-state index contributed by atoms with van der Waals surface area (Å²) in [7, 11) is -0.445. The second kappa shape index (κ2) is 9.41. The smallest absolute Gasteiger partial charge is 0.261 e. The van der Waals surface area contributed by atoms with Gasteiger partial charge < -0.3 is 9.33 Å². The monoisotopic (exact) mass is 417 g/mol. The van der Waals surface area contributed by atoms with Crippen molar-refractivity contribution < 1.29 is 9.22 Å². The van der Waals surface area contributed by atoms with Crippen molar-refractivity contribution in [1.29, 1.82) is 0 Å². The van der Waals surface area contributed by atoms with E-state index in [4.69, 9.17) is 4.43 Å². The molecule has 0 heterocycles. The van der Waals surface area contributed by atoms with Gasteiger partial charge in [0.05, 0.1) is 6.61 Å². The lowest BCUT2D eigenvalue weighted by Crippen LogP contribution is -2.67. The summed E-state index contributed by atoms with van der Waals surface area (Å²) in [6, 6.07) is 29.1. The Labute approximate surface area is 181 Å². The molecule has 0 aliphatic heterocycles. The zero-order chi connectivity index (χ0) is 21.6. The van der Waals surface area contributed by atoms with Crippen molar-refractivity contribution >= 4 is 30.7 Å². The maximum absolute atomic E-state index is 10.9. The van der Waals surface area contributed by atoms with Crippen LogP contribution in [-0.2, 0) is 4.43 Å². The Kier molecular flexibility index (Phi) is 6.90. The lowest BCUT2D eigenvalue weighted by Gasteiger charge is -2.43. The Hall–Kier alpha value is -2.69. The summed E-state index contributed by atoms with van der Waals surface area (Å²) in [5.74, 6) is 0. The number of anilines is 1. The van der Waals surface area contributed by atoms with Crippen molar-refractivity contribution in [1.82, 2.24) is 0 Å². The van der Waals surface area contributed by atoms with E-state index in [1.54, 1.807) is 0 Å². The second-order valence-corrected chi connectivity index (χ2v) is 12.9. The summed E-state index contributed by atoms with van der Waals surface area (Å²) in [6.07, 6.45) is 0.871. The van der Waals surface area contributed by atoms with Gasteiger partial charge in [-0.05, 0) is 39.7 Å². The van der Waals surface area contributed by atoms with Gasteiger partial charge in [0.1, 0.15) is 6.29 Å². The van der Waals surface area contributed by atoms with Gasteiger partial charge in [-0.2, -0.15) is 0 Å². The molecule has 0 atom stereocenters. The fraction of sp³-hybridized carbons (Fsp3) is 0.269. The van der Waals surface area contributed by atoms with E-state index in [2.05, 4.69) is 93.4 Å². The van der Waals surface area contributed by atoms with Crippen LogP contribution in [-0.4, -0.2) is 34.8 Å². The first kappa shape index (κ1) is 22.0. The van der Waals surface area contributed by atoms with Crippen molar-refractivity contribution in [2.45, 2.75) is 25.8 Å². The van der Waals surface area contributed by atoms with Gasteiger partial charge in [-0.3, -0.25) is 4.79 Å². The molecule has 3 nitrogen and oxygen atoms in total. The van der Waals surface area contributed by atoms with Crippen LogP contribution in [0.1, 0.15) is 31.1 Å². The molecule has 0 unspecified atom stereocenters. The van der Waals surface area contributed by atoms with E-state index in [9.17, 15) is 4.79 Å². The highest BCUT2D eigenvalue weighted by Gasteiger charge is 2.50. The topological polar surface area (TPSA) is 29.5 Å². The minimum absolute atomic E-state index is 0.0279. The maximum atomic E-state index is 10.9. The van der Waals surface area contributed by atoms with E-state index in [-0.39, 0.29) is 5.04 Å². The van der Waals surface area contributed by atoms with Gasteiger partial charge >= 0.3 is 0 Å². The van der Waals surface area contributed by atoms with Crippen molar-refractivity contribution in [3.05, 3.63) is 90.5 Å². The van der Waals surface area contributed by atoms with Crippen molar-refractivity contribution in [3.8, 4) is 0 Å². The third kappa shape index (κ3) is 4.55. The van der Waals surface area contributed by atoms with Crippen LogP contribution in [0.5, 0.6) is 0 Å². The van der Waals surface area contributed by atoms with Crippen LogP contribution in [0.3, 0.4) is 0 Å². The highest BCUT2D eigenvalue weighted by Crippen LogP contribution is 2.36. The zero-order valence-corrected chi connectivity index (χ0v) is 19.3. The van der Waals surface area contributed by atoms with Crippen LogP contribution >= 0.6 is 0 Å². The molecule has 4 heteroatoms. The summed E-state index contributed by atoms with van der Waals surface area (Å²) in [5, 5.41) is 2.56. The largest absolute Gasteiger partial charge is 0.406 e. The molecule has 0 amide bonds. The number of benzene rings is 3. The van der Waals surface area contributed by atoms with E-state index in [1.807, 2.05) is 24.3 Å². The molecular weight excluding hydrogens is 386 g/mol. The number of hydrogen-bond acceptors (Lipinski definition) is 3. The van der Waals surface area contributed by atoms with Gasteiger partial charge in [0.2, 0.25) is 0 Å². The molecule has 3 aromatic carbocycles. The fourth-order valence-corrected chi connectivity index (χ4v) is 8.59. The van der Waals surface area contributed by atoms with Crippen molar-refractivity contribution in [2.24, 2.45) is 0 Å². The predicted octanol–water partition coefficient (Wildman–Crippen LogP) is 4.51. The molecule has 3 rings (SSSR count). The minimum Gasteiger partial charge on any atom is -0.406 e.